The largest absolute Gasteiger partial charge is 0.496 e. The topological polar surface area (TPSA) is 116 Å². The fourth-order valence-electron chi connectivity index (χ4n) is 4.59. The second-order valence-electron chi connectivity index (χ2n) is 8.66. The van der Waals surface area contributed by atoms with Crippen molar-refractivity contribution < 1.29 is 18.6 Å². The van der Waals surface area contributed by atoms with E-state index in [1.807, 2.05) is 30.3 Å². The lowest BCUT2D eigenvalue weighted by Crippen LogP contribution is -2.31. The van der Waals surface area contributed by atoms with Crippen LogP contribution in [0.5, 0.6) is 5.75 Å². The molecule has 3 aromatic heterocycles. The van der Waals surface area contributed by atoms with Crippen molar-refractivity contribution in [2.24, 2.45) is 0 Å². The number of carbonyl (C=O) groups is 1. The third-order valence-electron chi connectivity index (χ3n) is 6.49. The van der Waals surface area contributed by atoms with Crippen molar-refractivity contribution >= 4 is 5.91 Å². The van der Waals surface area contributed by atoms with Crippen molar-refractivity contribution in [2.75, 3.05) is 20.2 Å². The molecule has 0 saturated heterocycles. The number of nitrogens with zero attached hydrogens (tertiary/aromatic N) is 4. The van der Waals surface area contributed by atoms with E-state index < -0.39 is 0 Å². The molecule has 0 aliphatic carbocycles. The van der Waals surface area contributed by atoms with E-state index in [4.69, 9.17) is 13.8 Å². The van der Waals surface area contributed by atoms with Gasteiger partial charge in [0.25, 0.3) is 11.5 Å². The Kier molecular flexibility index (Phi) is 6.68. The van der Waals surface area contributed by atoms with Crippen LogP contribution in [0.2, 0.25) is 0 Å². The van der Waals surface area contributed by atoms with Gasteiger partial charge in [-0.25, -0.2) is 4.63 Å². The molecule has 36 heavy (non-hydrogen) atoms. The number of benzene rings is 1. The average molecular weight is 490 g/mol. The van der Waals surface area contributed by atoms with E-state index in [2.05, 4.69) is 26.6 Å². The Labute approximate surface area is 207 Å². The van der Waals surface area contributed by atoms with Crippen LogP contribution in [0.15, 0.2) is 62.6 Å². The predicted octanol–water partition coefficient (Wildman–Crippen LogP) is 2.80. The fraction of sp³-hybridized carbons (Fsp3) is 0.308. The quantitative estimate of drug-likeness (QED) is 0.421. The number of hydrogen-bond donors (Lipinski definition) is 1. The molecule has 1 aliphatic heterocycles. The first-order valence-corrected chi connectivity index (χ1v) is 11.8. The summed E-state index contributed by atoms with van der Waals surface area (Å²) in [6.45, 7) is 4.41. The second-order valence-corrected chi connectivity index (χ2v) is 8.66. The number of aryl methyl sites for hydroxylation is 1. The Morgan fingerprint density at radius 2 is 2.00 bits per heavy atom. The molecule has 1 amide bonds. The van der Waals surface area contributed by atoms with Gasteiger partial charge in [-0.15, -0.1) is 0 Å². The van der Waals surface area contributed by atoms with Crippen LogP contribution < -0.4 is 15.6 Å². The molecule has 4 aromatic rings. The van der Waals surface area contributed by atoms with Gasteiger partial charge in [0.1, 0.15) is 28.5 Å². The summed E-state index contributed by atoms with van der Waals surface area (Å²) in [6, 6.07) is 13.3. The molecule has 1 aromatic carbocycles. The van der Waals surface area contributed by atoms with Gasteiger partial charge in [-0.05, 0) is 24.6 Å². The first-order chi connectivity index (χ1) is 17.5. The molecule has 1 N–H and O–H groups in total. The van der Waals surface area contributed by atoms with E-state index in [-0.39, 0.29) is 23.8 Å². The van der Waals surface area contributed by atoms with Gasteiger partial charge < -0.3 is 19.0 Å². The Morgan fingerprint density at radius 3 is 2.75 bits per heavy atom. The van der Waals surface area contributed by atoms with Crippen LogP contribution in [0.25, 0.3) is 11.3 Å². The molecule has 5 rings (SSSR count). The van der Waals surface area contributed by atoms with Crippen LogP contribution in [-0.2, 0) is 26.1 Å². The molecule has 0 bridgehead atoms. The lowest BCUT2D eigenvalue weighted by molar-refractivity contribution is 0.0944. The smallest absolute Gasteiger partial charge is 0.257 e. The summed E-state index contributed by atoms with van der Waals surface area (Å²) in [7, 11) is 1.46. The number of methoxy groups -OCH3 is 1. The van der Waals surface area contributed by atoms with E-state index >= 15 is 0 Å². The Balaban J connectivity index is 1.39. The van der Waals surface area contributed by atoms with E-state index in [1.165, 1.54) is 13.2 Å². The maximum absolute atomic E-state index is 13.3. The number of fused-ring (bicyclic) bond motifs is 1. The number of aromatic nitrogens is 3. The summed E-state index contributed by atoms with van der Waals surface area (Å²) < 4.78 is 17.5. The van der Waals surface area contributed by atoms with Crippen LogP contribution in [0.3, 0.4) is 0 Å². The Morgan fingerprint density at radius 1 is 1.14 bits per heavy atom. The average Bonchev–Trinajstić information content (AvgIpc) is 3.52. The lowest BCUT2D eigenvalue weighted by Gasteiger charge is -2.21. The molecule has 1 aliphatic rings. The molecule has 0 fully saturated rings. The van der Waals surface area contributed by atoms with Crippen molar-refractivity contribution in [1.82, 2.24) is 25.1 Å². The summed E-state index contributed by atoms with van der Waals surface area (Å²) in [6.07, 6.45) is 2.18. The first kappa shape index (κ1) is 23.6. The van der Waals surface area contributed by atoms with Crippen LogP contribution in [0.4, 0.5) is 0 Å². The number of ether oxygens (including phenoxy) is 1. The molecule has 10 heteroatoms. The van der Waals surface area contributed by atoms with Crippen molar-refractivity contribution in [2.45, 2.75) is 33.0 Å². The minimum absolute atomic E-state index is 0.158. The molecule has 0 spiro atoms. The number of pyridine rings is 1. The van der Waals surface area contributed by atoms with E-state index in [9.17, 15) is 9.59 Å². The van der Waals surface area contributed by atoms with E-state index in [1.54, 1.807) is 17.8 Å². The molecule has 0 saturated carbocycles. The maximum atomic E-state index is 13.3. The summed E-state index contributed by atoms with van der Waals surface area (Å²) in [4.78, 5) is 28.5. The zero-order chi connectivity index (χ0) is 25.1. The van der Waals surface area contributed by atoms with E-state index in [0.717, 1.165) is 16.9 Å². The summed E-state index contributed by atoms with van der Waals surface area (Å²) in [5.41, 5.74) is 4.17. The molecule has 10 nitrogen and oxygen atoms in total. The van der Waals surface area contributed by atoms with Crippen LogP contribution in [0.1, 0.15) is 33.0 Å². The summed E-state index contributed by atoms with van der Waals surface area (Å²) in [5.74, 6) is 0.742. The molecule has 186 valence electrons. The van der Waals surface area contributed by atoms with Gasteiger partial charge in [0, 0.05) is 49.9 Å². The number of carbonyl (C=O) groups excluding carboxylic acids is 1. The van der Waals surface area contributed by atoms with Gasteiger partial charge in [-0.3, -0.25) is 14.5 Å². The zero-order valence-electron chi connectivity index (χ0n) is 20.2. The summed E-state index contributed by atoms with van der Waals surface area (Å²) >= 11 is 0. The molecule has 0 unspecified atom stereocenters. The van der Waals surface area contributed by atoms with Gasteiger partial charge in [-0.2, -0.15) is 0 Å². The highest BCUT2D eigenvalue weighted by atomic mass is 16.6. The zero-order valence-corrected chi connectivity index (χ0v) is 20.2. The number of rotatable bonds is 7. The van der Waals surface area contributed by atoms with Gasteiger partial charge >= 0.3 is 0 Å². The van der Waals surface area contributed by atoms with Crippen molar-refractivity contribution in [3.8, 4) is 17.1 Å². The van der Waals surface area contributed by atoms with Crippen LogP contribution in [0, 0.1) is 6.92 Å². The van der Waals surface area contributed by atoms with Gasteiger partial charge in [0.2, 0.25) is 0 Å². The Hall–Kier alpha value is -4.18. The molecular weight excluding hydrogens is 462 g/mol. The number of furan rings is 1. The highest BCUT2D eigenvalue weighted by Crippen LogP contribution is 2.27. The molecular formula is C26H27N5O5. The molecule has 4 heterocycles. The highest BCUT2D eigenvalue weighted by molar-refractivity contribution is 5.98. The highest BCUT2D eigenvalue weighted by Gasteiger charge is 2.26. The standard InChI is InChI=1S/C26H27N5O5/c1-17-20(29-36-28-17)15-27-26(33)25-21-9-10-30(11-12-31(21)24(32)14-23(25)34-2)16-18-6-3-4-7-19(18)22-8-5-13-35-22/h3-8,13-14H,9-12,15-16H2,1-2H3,(H,27,33). The lowest BCUT2D eigenvalue weighted by atomic mass is 10.0. The predicted molar refractivity (Wildman–Crippen MR) is 131 cm³/mol. The van der Waals surface area contributed by atoms with Crippen molar-refractivity contribution in [3.05, 3.63) is 87.3 Å². The first-order valence-electron chi connectivity index (χ1n) is 11.8. The fourth-order valence-corrected chi connectivity index (χ4v) is 4.59. The second kappa shape index (κ2) is 10.2. The van der Waals surface area contributed by atoms with Crippen LogP contribution in [-0.4, -0.2) is 45.9 Å². The third-order valence-corrected chi connectivity index (χ3v) is 6.49. The van der Waals surface area contributed by atoms with E-state index in [0.29, 0.717) is 55.2 Å². The number of amides is 1. The monoisotopic (exact) mass is 489 g/mol. The van der Waals surface area contributed by atoms with Gasteiger partial charge in [0.05, 0.1) is 19.9 Å². The molecule has 0 radical (unpaired) electrons. The Bertz CT molecular complexity index is 1420. The van der Waals surface area contributed by atoms with Crippen molar-refractivity contribution in [3.63, 3.8) is 0 Å². The maximum Gasteiger partial charge on any atom is 0.257 e. The SMILES string of the molecule is COc1cc(=O)n2c(c1C(=O)NCc1nonc1C)CCN(Cc1ccccc1-c1ccco1)CC2. The number of hydrogen-bond acceptors (Lipinski definition) is 8. The minimum Gasteiger partial charge on any atom is -0.496 e. The van der Waals surface area contributed by atoms with Crippen LogP contribution >= 0.6 is 0 Å². The molecule has 0 atom stereocenters. The normalized spacial score (nSPS) is 13.7. The van der Waals surface area contributed by atoms with Gasteiger partial charge in [0.15, 0.2) is 0 Å². The van der Waals surface area contributed by atoms with Crippen molar-refractivity contribution in [1.29, 1.82) is 0 Å². The minimum atomic E-state index is -0.338. The number of nitrogens with one attached hydrogen (secondary N) is 1. The third kappa shape index (κ3) is 4.67. The summed E-state index contributed by atoms with van der Waals surface area (Å²) in [5, 5.41) is 10.4. The van der Waals surface area contributed by atoms with Gasteiger partial charge in [-0.1, -0.05) is 34.6 Å².